The lowest BCUT2D eigenvalue weighted by Crippen LogP contribution is -1.96. The minimum atomic E-state index is 0.308. The smallest absolute Gasteiger partial charge is 0.247 e. The first-order chi connectivity index (χ1) is 9.28. The fourth-order valence-corrected chi connectivity index (χ4v) is 1.89. The van der Waals surface area contributed by atoms with Crippen LogP contribution in [0.15, 0.2) is 36.7 Å². The quantitative estimate of drug-likeness (QED) is 0.796. The Hall–Kier alpha value is -2.34. The molecule has 0 aliphatic heterocycles. The van der Waals surface area contributed by atoms with Gasteiger partial charge in [-0.25, -0.2) is 9.50 Å². The minimum Gasteiger partial charge on any atom is -0.495 e. The largest absolute Gasteiger partial charge is 0.495 e. The van der Waals surface area contributed by atoms with Gasteiger partial charge < -0.3 is 10.1 Å². The molecule has 0 aliphatic carbocycles. The van der Waals surface area contributed by atoms with Crippen LogP contribution in [0, 0.1) is 0 Å². The number of para-hydroxylation sites is 2. The molecule has 0 bridgehead atoms. The van der Waals surface area contributed by atoms with E-state index >= 15 is 0 Å². The molecular weight excluding hydrogens is 266 g/mol. The molecule has 6 nitrogen and oxygen atoms in total. The Bertz CT molecular complexity index is 727. The number of nitrogens with one attached hydrogen (secondary N) is 1. The summed E-state index contributed by atoms with van der Waals surface area (Å²) in [5.74, 6) is 1.14. The van der Waals surface area contributed by atoms with Crippen molar-refractivity contribution in [2.75, 3.05) is 12.4 Å². The number of methoxy groups -OCH3 is 1. The Balaban J connectivity index is 1.99. The van der Waals surface area contributed by atoms with Crippen LogP contribution in [0.2, 0.25) is 5.15 Å². The number of aromatic nitrogens is 4. The van der Waals surface area contributed by atoms with E-state index in [1.54, 1.807) is 24.0 Å². The van der Waals surface area contributed by atoms with Gasteiger partial charge in [0.2, 0.25) is 5.95 Å². The molecule has 2 heterocycles. The summed E-state index contributed by atoms with van der Waals surface area (Å²) in [6.07, 6.45) is 3.25. The fourth-order valence-electron chi connectivity index (χ4n) is 1.71. The standard InChI is InChI=1S/C12H10ClN5O/c1-19-9-5-3-2-4-8(9)15-12-16-11-10(13)14-6-7-18(11)17-12/h2-7H,1H3,(H,15,17). The SMILES string of the molecule is COc1ccccc1Nc1nc2c(Cl)nccn2n1. The first-order valence-corrected chi connectivity index (χ1v) is 5.92. The van der Waals surface area contributed by atoms with E-state index in [4.69, 9.17) is 16.3 Å². The third-order valence-corrected chi connectivity index (χ3v) is 2.83. The average Bonchev–Trinajstić information content (AvgIpc) is 2.83. The van der Waals surface area contributed by atoms with Gasteiger partial charge in [0, 0.05) is 12.4 Å². The van der Waals surface area contributed by atoms with E-state index in [0.717, 1.165) is 5.69 Å². The molecule has 0 fully saturated rings. The molecule has 1 N–H and O–H groups in total. The van der Waals surface area contributed by atoms with Crippen LogP contribution in [-0.4, -0.2) is 26.7 Å². The number of hydrogen-bond acceptors (Lipinski definition) is 5. The predicted octanol–water partition coefficient (Wildman–Crippen LogP) is 2.53. The Labute approximate surface area is 114 Å². The molecule has 19 heavy (non-hydrogen) atoms. The summed E-state index contributed by atoms with van der Waals surface area (Å²) >= 11 is 5.94. The third kappa shape index (κ3) is 2.17. The highest BCUT2D eigenvalue weighted by Crippen LogP contribution is 2.26. The molecule has 96 valence electrons. The molecule has 0 atom stereocenters. The zero-order valence-electron chi connectivity index (χ0n) is 10.0. The van der Waals surface area contributed by atoms with E-state index in [9.17, 15) is 0 Å². The first kappa shape index (κ1) is 11.7. The van der Waals surface area contributed by atoms with Crippen LogP contribution in [0.5, 0.6) is 5.75 Å². The van der Waals surface area contributed by atoms with E-state index < -0.39 is 0 Å². The van der Waals surface area contributed by atoms with Crippen LogP contribution in [-0.2, 0) is 0 Å². The topological polar surface area (TPSA) is 64.3 Å². The normalized spacial score (nSPS) is 10.6. The van der Waals surface area contributed by atoms with Crippen LogP contribution in [0.25, 0.3) is 5.65 Å². The second-order valence-electron chi connectivity index (χ2n) is 3.75. The number of rotatable bonds is 3. The molecule has 0 aliphatic rings. The molecule has 0 spiro atoms. The summed E-state index contributed by atoms with van der Waals surface area (Å²) in [6, 6.07) is 7.52. The lowest BCUT2D eigenvalue weighted by molar-refractivity contribution is 0.417. The lowest BCUT2D eigenvalue weighted by atomic mass is 10.3. The number of ether oxygens (including phenoxy) is 1. The monoisotopic (exact) mass is 275 g/mol. The number of halogens is 1. The predicted molar refractivity (Wildman–Crippen MR) is 72.1 cm³/mol. The zero-order chi connectivity index (χ0) is 13.2. The first-order valence-electron chi connectivity index (χ1n) is 5.55. The van der Waals surface area contributed by atoms with Crippen LogP contribution < -0.4 is 10.1 Å². The van der Waals surface area contributed by atoms with Gasteiger partial charge in [-0.2, -0.15) is 4.98 Å². The summed E-state index contributed by atoms with van der Waals surface area (Å²) in [5.41, 5.74) is 1.28. The van der Waals surface area contributed by atoms with Crippen LogP contribution in [0.4, 0.5) is 11.6 Å². The number of benzene rings is 1. The van der Waals surface area contributed by atoms with E-state index in [1.165, 1.54) is 0 Å². The highest BCUT2D eigenvalue weighted by Gasteiger charge is 2.09. The van der Waals surface area contributed by atoms with Crippen LogP contribution in [0.1, 0.15) is 0 Å². The van der Waals surface area contributed by atoms with E-state index in [0.29, 0.717) is 22.5 Å². The molecule has 0 unspecified atom stereocenters. The van der Waals surface area contributed by atoms with Crippen molar-refractivity contribution >= 4 is 28.9 Å². The molecule has 0 amide bonds. The number of nitrogens with zero attached hydrogens (tertiary/aromatic N) is 4. The van der Waals surface area contributed by atoms with E-state index in [2.05, 4.69) is 20.4 Å². The number of anilines is 2. The van der Waals surface area contributed by atoms with Crippen molar-refractivity contribution in [2.24, 2.45) is 0 Å². The molecule has 3 aromatic rings. The molecule has 0 saturated heterocycles. The Morgan fingerprint density at radius 1 is 1.32 bits per heavy atom. The second-order valence-corrected chi connectivity index (χ2v) is 4.10. The molecule has 0 saturated carbocycles. The highest BCUT2D eigenvalue weighted by atomic mass is 35.5. The van der Waals surface area contributed by atoms with Gasteiger partial charge in [-0.15, -0.1) is 5.10 Å². The van der Waals surface area contributed by atoms with Crippen molar-refractivity contribution < 1.29 is 4.74 Å². The van der Waals surface area contributed by atoms with E-state index in [-0.39, 0.29) is 0 Å². The summed E-state index contributed by atoms with van der Waals surface area (Å²) in [7, 11) is 1.61. The highest BCUT2D eigenvalue weighted by molar-refractivity contribution is 6.32. The Kier molecular flexibility index (Phi) is 2.92. The third-order valence-electron chi connectivity index (χ3n) is 2.56. The summed E-state index contributed by atoms with van der Waals surface area (Å²) in [6.45, 7) is 0. The maximum absolute atomic E-state index is 5.94. The maximum Gasteiger partial charge on any atom is 0.247 e. The van der Waals surface area contributed by atoms with Gasteiger partial charge in [0.05, 0.1) is 12.8 Å². The number of fused-ring (bicyclic) bond motifs is 1. The molecule has 7 heteroatoms. The van der Waals surface area contributed by atoms with Crippen molar-refractivity contribution in [3.8, 4) is 5.75 Å². The van der Waals surface area contributed by atoms with Gasteiger partial charge in [0.1, 0.15) is 5.75 Å². The molecular formula is C12H10ClN5O. The van der Waals surface area contributed by atoms with Crippen molar-refractivity contribution in [3.63, 3.8) is 0 Å². The van der Waals surface area contributed by atoms with Gasteiger partial charge in [-0.05, 0) is 12.1 Å². The van der Waals surface area contributed by atoms with Crippen molar-refractivity contribution in [1.29, 1.82) is 0 Å². The molecule has 1 aromatic carbocycles. The van der Waals surface area contributed by atoms with Crippen molar-refractivity contribution in [3.05, 3.63) is 41.8 Å². The lowest BCUT2D eigenvalue weighted by Gasteiger charge is -2.07. The van der Waals surface area contributed by atoms with Gasteiger partial charge in [0.25, 0.3) is 0 Å². The Morgan fingerprint density at radius 2 is 2.16 bits per heavy atom. The van der Waals surface area contributed by atoms with E-state index in [1.807, 2.05) is 24.3 Å². The average molecular weight is 276 g/mol. The molecule has 2 aromatic heterocycles. The molecule has 0 radical (unpaired) electrons. The van der Waals surface area contributed by atoms with Gasteiger partial charge >= 0.3 is 0 Å². The second kappa shape index (κ2) is 4.74. The van der Waals surface area contributed by atoms with Crippen molar-refractivity contribution in [1.82, 2.24) is 19.6 Å². The maximum atomic E-state index is 5.94. The number of hydrogen-bond donors (Lipinski definition) is 1. The van der Waals surface area contributed by atoms with Gasteiger partial charge in [-0.3, -0.25) is 0 Å². The summed E-state index contributed by atoms with van der Waals surface area (Å²) in [4.78, 5) is 8.22. The molecule has 3 rings (SSSR count). The summed E-state index contributed by atoms with van der Waals surface area (Å²) in [5, 5.41) is 7.65. The zero-order valence-corrected chi connectivity index (χ0v) is 10.8. The Morgan fingerprint density at radius 3 is 2.95 bits per heavy atom. The van der Waals surface area contributed by atoms with Gasteiger partial charge in [0.15, 0.2) is 10.8 Å². The minimum absolute atomic E-state index is 0.308. The fraction of sp³-hybridized carbons (Fsp3) is 0.0833. The van der Waals surface area contributed by atoms with Gasteiger partial charge in [-0.1, -0.05) is 23.7 Å². The summed E-state index contributed by atoms with van der Waals surface area (Å²) < 4.78 is 6.81. The van der Waals surface area contributed by atoms with Crippen LogP contribution in [0.3, 0.4) is 0 Å². The van der Waals surface area contributed by atoms with Crippen LogP contribution >= 0.6 is 11.6 Å². The van der Waals surface area contributed by atoms with Crippen molar-refractivity contribution in [2.45, 2.75) is 0 Å².